The highest BCUT2D eigenvalue weighted by molar-refractivity contribution is 7.99. The summed E-state index contributed by atoms with van der Waals surface area (Å²) in [7, 11) is 0. The first-order valence-corrected chi connectivity index (χ1v) is 5.62. The van der Waals surface area contributed by atoms with Gasteiger partial charge in [0.25, 0.3) is 0 Å². The Labute approximate surface area is 82.0 Å². The van der Waals surface area contributed by atoms with Crippen LogP contribution in [0.5, 0.6) is 0 Å². The minimum atomic E-state index is -0.976. The van der Waals surface area contributed by atoms with Gasteiger partial charge in [-0.3, -0.25) is 0 Å². The second-order valence-corrected chi connectivity index (χ2v) is 4.21. The molecule has 1 aliphatic rings. The fourth-order valence-electron chi connectivity index (χ4n) is 1.33. The van der Waals surface area contributed by atoms with E-state index >= 15 is 0 Å². The predicted molar refractivity (Wildman–Crippen MR) is 52.3 cm³/mol. The molecule has 1 aliphatic heterocycles. The van der Waals surface area contributed by atoms with Gasteiger partial charge in [0.15, 0.2) is 0 Å². The lowest BCUT2D eigenvalue weighted by Gasteiger charge is -2.27. The van der Waals surface area contributed by atoms with E-state index in [2.05, 4.69) is 11.6 Å². The lowest BCUT2D eigenvalue weighted by Crippen LogP contribution is -2.37. The predicted octanol–water partition coefficient (Wildman–Crippen LogP) is 1.16. The molecule has 1 amide bonds. The van der Waals surface area contributed by atoms with Gasteiger partial charge in [-0.1, -0.05) is 0 Å². The van der Waals surface area contributed by atoms with E-state index in [1.165, 1.54) is 0 Å². The number of rotatable bonds is 3. The molecule has 0 aromatic heterocycles. The van der Waals surface area contributed by atoms with Crippen LogP contribution in [0.4, 0.5) is 4.79 Å². The van der Waals surface area contributed by atoms with Crippen LogP contribution in [-0.4, -0.2) is 42.0 Å². The van der Waals surface area contributed by atoms with E-state index in [9.17, 15) is 4.79 Å². The maximum Gasteiger partial charge on any atom is 0.404 e. The van der Waals surface area contributed by atoms with Gasteiger partial charge >= 0.3 is 6.09 Å². The van der Waals surface area contributed by atoms with Crippen LogP contribution in [0.1, 0.15) is 12.8 Å². The number of carbonyl (C=O) groups is 1. The van der Waals surface area contributed by atoms with E-state index in [-0.39, 0.29) is 6.10 Å². The van der Waals surface area contributed by atoms with Crippen LogP contribution < -0.4 is 5.32 Å². The van der Waals surface area contributed by atoms with Gasteiger partial charge in [-0.15, -0.1) is 0 Å². The number of hydrogen-bond donors (Lipinski definition) is 2. The monoisotopic (exact) mass is 205 g/mol. The molecule has 13 heavy (non-hydrogen) atoms. The Morgan fingerprint density at radius 1 is 1.69 bits per heavy atom. The second-order valence-electron chi connectivity index (χ2n) is 3.08. The van der Waals surface area contributed by atoms with Crippen LogP contribution in [-0.2, 0) is 4.74 Å². The van der Waals surface area contributed by atoms with Crippen LogP contribution in [0.3, 0.4) is 0 Å². The molecule has 0 aromatic rings. The first kappa shape index (κ1) is 10.7. The molecule has 0 aliphatic carbocycles. The molecule has 0 saturated carbocycles. The molecule has 2 N–H and O–H groups in total. The third kappa shape index (κ3) is 3.87. The zero-order valence-corrected chi connectivity index (χ0v) is 8.47. The summed E-state index contributed by atoms with van der Waals surface area (Å²) < 4.78 is 5.49. The van der Waals surface area contributed by atoms with Crippen molar-refractivity contribution < 1.29 is 14.6 Å². The Balaban J connectivity index is 2.14. The summed E-state index contributed by atoms with van der Waals surface area (Å²) in [6.07, 6.45) is 3.23. The zero-order chi connectivity index (χ0) is 9.68. The second kappa shape index (κ2) is 5.34. The van der Waals surface area contributed by atoms with Crippen LogP contribution in [0, 0.1) is 0 Å². The molecule has 4 nitrogen and oxygen atoms in total. The molecule has 0 spiro atoms. The molecule has 1 fully saturated rings. The highest BCUT2D eigenvalue weighted by atomic mass is 32.2. The van der Waals surface area contributed by atoms with Gasteiger partial charge < -0.3 is 15.2 Å². The van der Waals surface area contributed by atoms with Gasteiger partial charge in [0.2, 0.25) is 0 Å². The third-order valence-corrected chi connectivity index (χ3v) is 3.18. The minimum Gasteiger partial charge on any atom is -0.465 e. The Hall–Kier alpha value is -0.420. The van der Waals surface area contributed by atoms with Gasteiger partial charge in [-0.25, -0.2) is 4.79 Å². The molecule has 2 unspecified atom stereocenters. The van der Waals surface area contributed by atoms with Crippen molar-refractivity contribution in [3.05, 3.63) is 0 Å². The van der Waals surface area contributed by atoms with E-state index in [0.717, 1.165) is 19.4 Å². The number of hydrogen-bond acceptors (Lipinski definition) is 3. The molecular weight excluding hydrogens is 190 g/mol. The standard InChI is InChI=1S/C8H15NO3S/c1-13-7-3-2-6(12-5-7)4-9-8(10)11/h6-7,9H,2-5H2,1H3,(H,10,11). The highest BCUT2D eigenvalue weighted by Crippen LogP contribution is 2.21. The molecule has 1 rings (SSSR count). The van der Waals surface area contributed by atoms with E-state index in [4.69, 9.17) is 9.84 Å². The molecule has 0 radical (unpaired) electrons. The van der Waals surface area contributed by atoms with Crippen LogP contribution in [0.15, 0.2) is 0 Å². The summed E-state index contributed by atoms with van der Waals surface area (Å²) in [5, 5.41) is 11.3. The van der Waals surface area contributed by atoms with E-state index in [1.807, 2.05) is 11.8 Å². The van der Waals surface area contributed by atoms with Gasteiger partial charge in [0.05, 0.1) is 12.7 Å². The zero-order valence-electron chi connectivity index (χ0n) is 7.66. The average molecular weight is 205 g/mol. The maximum atomic E-state index is 10.2. The average Bonchev–Trinajstić information content (AvgIpc) is 2.15. The smallest absolute Gasteiger partial charge is 0.404 e. The Morgan fingerprint density at radius 2 is 2.46 bits per heavy atom. The van der Waals surface area contributed by atoms with Crippen LogP contribution in [0.2, 0.25) is 0 Å². The summed E-state index contributed by atoms with van der Waals surface area (Å²) in [5.74, 6) is 0. The van der Waals surface area contributed by atoms with Crippen molar-refractivity contribution >= 4 is 17.9 Å². The lowest BCUT2D eigenvalue weighted by molar-refractivity contribution is 0.0211. The topological polar surface area (TPSA) is 58.6 Å². The molecule has 2 atom stereocenters. The quantitative estimate of drug-likeness (QED) is 0.726. The summed E-state index contributed by atoms with van der Waals surface area (Å²) in [4.78, 5) is 10.2. The molecule has 76 valence electrons. The largest absolute Gasteiger partial charge is 0.465 e. The number of nitrogens with one attached hydrogen (secondary N) is 1. The van der Waals surface area contributed by atoms with Gasteiger partial charge in [-0.05, 0) is 19.1 Å². The fraction of sp³-hybridized carbons (Fsp3) is 0.875. The Bertz CT molecular complexity index is 169. The third-order valence-electron chi connectivity index (χ3n) is 2.14. The van der Waals surface area contributed by atoms with Crippen LogP contribution in [0.25, 0.3) is 0 Å². The van der Waals surface area contributed by atoms with Crippen molar-refractivity contribution in [1.29, 1.82) is 0 Å². The van der Waals surface area contributed by atoms with Gasteiger partial charge in [0.1, 0.15) is 0 Å². The van der Waals surface area contributed by atoms with Crippen molar-refractivity contribution in [1.82, 2.24) is 5.32 Å². The fourth-order valence-corrected chi connectivity index (χ4v) is 1.92. The van der Waals surface area contributed by atoms with Crippen molar-refractivity contribution in [3.8, 4) is 0 Å². The molecule has 0 aromatic carbocycles. The van der Waals surface area contributed by atoms with Crippen molar-refractivity contribution in [2.75, 3.05) is 19.4 Å². The molecule has 0 bridgehead atoms. The molecule has 1 saturated heterocycles. The van der Waals surface area contributed by atoms with Crippen molar-refractivity contribution in [3.63, 3.8) is 0 Å². The van der Waals surface area contributed by atoms with Crippen molar-refractivity contribution in [2.24, 2.45) is 0 Å². The SMILES string of the molecule is CSC1CCC(CNC(=O)O)OC1. The summed E-state index contributed by atoms with van der Waals surface area (Å²) >= 11 is 1.81. The number of carboxylic acid groups (broad SMARTS) is 1. The summed E-state index contributed by atoms with van der Waals surface area (Å²) in [6, 6.07) is 0. The van der Waals surface area contributed by atoms with Crippen LogP contribution >= 0.6 is 11.8 Å². The maximum absolute atomic E-state index is 10.2. The minimum absolute atomic E-state index is 0.0690. The molecule has 5 heteroatoms. The number of ether oxygens (including phenoxy) is 1. The van der Waals surface area contributed by atoms with Gasteiger partial charge in [0, 0.05) is 11.8 Å². The van der Waals surface area contributed by atoms with E-state index < -0.39 is 6.09 Å². The molecule has 1 heterocycles. The Kier molecular flexibility index (Phi) is 4.38. The van der Waals surface area contributed by atoms with Gasteiger partial charge in [-0.2, -0.15) is 11.8 Å². The normalized spacial score (nSPS) is 28.4. The Morgan fingerprint density at radius 3 is 2.92 bits per heavy atom. The highest BCUT2D eigenvalue weighted by Gasteiger charge is 2.20. The van der Waals surface area contributed by atoms with Crippen molar-refractivity contribution in [2.45, 2.75) is 24.2 Å². The first-order valence-electron chi connectivity index (χ1n) is 4.33. The number of thioether (sulfide) groups is 1. The summed E-state index contributed by atoms with van der Waals surface area (Å²) in [5.41, 5.74) is 0. The molecular formula is C8H15NO3S. The van der Waals surface area contributed by atoms with E-state index in [0.29, 0.717) is 11.8 Å². The lowest BCUT2D eigenvalue weighted by atomic mass is 10.1. The first-order chi connectivity index (χ1) is 6.22. The number of amides is 1. The summed E-state index contributed by atoms with van der Waals surface area (Å²) in [6.45, 7) is 1.16. The van der Waals surface area contributed by atoms with E-state index in [1.54, 1.807) is 0 Å².